The van der Waals surface area contributed by atoms with E-state index >= 15 is 0 Å². The molecule has 0 saturated heterocycles. The lowest BCUT2D eigenvalue weighted by atomic mass is 10.0. The molecule has 1 N–H and O–H groups in total. The summed E-state index contributed by atoms with van der Waals surface area (Å²) >= 11 is 5.92. The van der Waals surface area contributed by atoms with E-state index < -0.39 is 18.0 Å². The fourth-order valence-electron chi connectivity index (χ4n) is 2.58. The van der Waals surface area contributed by atoms with E-state index in [0.29, 0.717) is 17.2 Å². The highest BCUT2D eigenvalue weighted by atomic mass is 35.5. The molecule has 28 heavy (non-hydrogen) atoms. The van der Waals surface area contributed by atoms with Gasteiger partial charge < -0.3 is 14.7 Å². The SMILES string of the molecule is COC(=O)[C@H](Cc1ccc(OOCc2cccc(Cl)c2)cc1)N(C)CC(=O)O. The normalized spacial score (nSPS) is 11.9. The van der Waals surface area contributed by atoms with Gasteiger partial charge in [0.25, 0.3) is 0 Å². The first-order valence-electron chi connectivity index (χ1n) is 8.51. The molecule has 0 bridgehead atoms. The predicted molar refractivity (Wildman–Crippen MR) is 103 cm³/mol. The molecule has 8 heteroatoms. The molecule has 0 aliphatic heterocycles. The van der Waals surface area contributed by atoms with Crippen LogP contribution in [-0.2, 0) is 32.2 Å². The second kappa shape index (κ2) is 10.7. The number of carboxylic acid groups (broad SMARTS) is 1. The number of nitrogens with zero attached hydrogens (tertiary/aromatic N) is 1. The monoisotopic (exact) mass is 407 g/mol. The maximum absolute atomic E-state index is 12.0. The summed E-state index contributed by atoms with van der Waals surface area (Å²) in [6, 6.07) is 13.5. The van der Waals surface area contributed by atoms with Crippen LogP contribution in [0.2, 0.25) is 5.02 Å². The molecule has 1 atom stereocenters. The minimum atomic E-state index is -1.02. The number of likely N-dealkylation sites (N-methyl/N-ethyl adjacent to an activating group) is 1. The Hall–Kier alpha value is -2.61. The molecule has 7 nitrogen and oxygen atoms in total. The minimum absolute atomic E-state index is 0.243. The number of methoxy groups -OCH3 is 1. The third-order valence-corrected chi connectivity index (χ3v) is 4.25. The van der Waals surface area contributed by atoms with Crippen molar-refractivity contribution in [1.82, 2.24) is 4.90 Å². The molecule has 150 valence electrons. The van der Waals surface area contributed by atoms with Crippen LogP contribution in [0.3, 0.4) is 0 Å². The highest BCUT2D eigenvalue weighted by Crippen LogP contribution is 2.17. The number of carboxylic acids is 1. The topological polar surface area (TPSA) is 85.3 Å². The fourth-order valence-corrected chi connectivity index (χ4v) is 2.79. The van der Waals surface area contributed by atoms with Gasteiger partial charge in [0.05, 0.1) is 13.7 Å². The van der Waals surface area contributed by atoms with Crippen LogP contribution in [0.1, 0.15) is 11.1 Å². The lowest BCUT2D eigenvalue weighted by molar-refractivity contribution is -0.217. The van der Waals surface area contributed by atoms with Crippen molar-refractivity contribution in [3.63, 3.8) is 0 Å². The van der Waals surface area contributed by atoms with E-state index in [0.717, 1.165) is 11.1 Å². The van der Waals surface area contributed by atoms with Gasteiger partial charge in [-0.15, -0.1) is 0 Å². The van der Waals surface area contributed by atoms with Crippen molar-refractivity contribution in [2.75, 3.05) is 20.7 Å². The molecule has 2 aromatic rings. The molecule has 0 aliphatic rings. The number of hydrogen-bond acceptors (Lipinski definition) is 6. The average molecular weight is 408 g/mol. The molecule has 0 aromatic heterocycles. The quantitative estimate of drug-likeness (QED) is 0.368. The van der Waals surface area contributed by atoms with Crippen LogP contribution >= 0.6 is 11.6 Å². The van der Waals surface area contributed by atoms with E-state index in [4.69, 9.17) is 31.2 Å². The van der Waals surface area contributed by atoms with Gasteiger partial charge in [-0.25, -0.2) is 0 Å². The van der Waals surface area contributed by atoms with Crippen molar-refractivity contribution in [3.8, 4) is 5.75 Å². The van der Waals surface area contributed by atoms with Gasteiger partial charge in [-0.05, 0) is 48.9 Å². The first kappa shape index (κ1) is 21.7. The molecule has 0 spiro atoms. The fraction of sp³-hybridized carbons (Fsp3) is 0.300. The molecule has 2 rings (SSSR count). The Bertz CT molecular complexity index is 796. The average Bonchev–Trinajstić information content (AvgIpc) is 2.66. The molecular weight excluding hydrogens is 386 g/mol. The second-order valence-electron chi connectivity index (χ2n) is 6.17. The summed E-state index contributed by atoms with van der Waals surface area (Å²) in [6.07, 6.45) is 0.306. The summed E-state index contributed by atoms with van der Waals surface area (Å²) in [7, 11) is 2.84. The molecule has 0 radical (unpaired) electrons. The summed E-state index contributed by atoms with van der Waals surface area (Å²) < 4.78 is 4.79. The highest BCUT2D eigenvalue weighted by molar-refractivity contribution is 6.30. The smallest absolute Gasteiger partial charge is 0.323 e. The van der Waals surface area contributed by atoms with Gasteiger partial charge in [-0.3, -0.25) is 14.5 Å². The van der Waals surface area contributed by atoms with Crippen LogP contribution in [0.5, 0.6) is 5.75 Å². The van der Waals surface area contributed by atoms with Gasteiger partial charge in [0.1, 0.15) is 12.6 Å². The van der Waals surface area contributed by atoms with Crippen molar-refractivity contribution in [2.24, 2.45) is 0 Å². The molecule has 0 aliphatic carbocycles. The van der Waals surface area contributed by atoms with Crippen molar-refractivity contribution in [3.05, 3.63) is 64.7 Å². The molecule has 0 saturated carbocycles. The Labute approximate surface area is 168 Å². The number of esters is 1. The molecule has 0 amide bonds. The Morgan fingerprint density at radius 3 is 2.46 bits per heavy atom. The van der Waals surface area contributed by atoms with Crippen LogP contribution in [0.15, 0.2) is 48.5 Å². The zero-order chi connectivity index (χ0) is 20.5. The van der Waals surface area contributed by atoms with Gasteiger partial charge in [-0.2, -0.15) is 4.89 Å². The number of rotatable bonds is 10. The summed E-state index contributed by atoms with van der Waals surface area (Å²) in [5.74, 6) is -1.01. The molecular formula is C20H22ClNO6. The van der Waals surface area contributed by atoms with Gasteiger partial charge in [0.2, 0.25) is 0 Å². The van der Waals surface area contributed by atoms with Crippen LogP contribution < -0.4 is 4.89 Å². The van der Waals surface area contributed by atoms with Crippen LogP contribution in [0, 0.1) is 0 Å². The van der Waals surface area contributed by atoms with Gasteiger partial charge in [0, 0.05) is 5.02 Å². The number of halogens is 1. The predicted octanol–water partition coefficient (Wildman–Crippen LogP) is 2.95. The number of hydrogen-bond donors (Lipinski definition) is 1. The molecule has 0 fully saturated rings. The summed E-state index contributed by atoms with van der Waals surface area (Å²) in [4.78, 5) is 34.8. The molecule has 2 aromatic carbocycles. The summed E-state index contributed by atoms with van der Waals surface area (Å²) in [6.45, 7) is -0.0228. The van der Waals surface area contributed by atoms with E-state index in [9.17, 15) is 9.59 Å². The number of ether oxygens (including phenoxy) is 1. The largest absolute Gasteiger partial charge is 0.480 e. The maximum Gasteiger partial charge on any atom is 0.323 e. The summed E-state index contributed by atoms with van der Waals surface area (Å²) in [5.41, 5.74) is 1.71. The Morgan fingerprint density at radius 2 is 1.86 bits per heavy atom. The molecule has 0 heterocycles. The van der Waals surface area contributed by atoms with E-state index in [1.54, 1.807) is 43.4 Å². The first-order valence-corrected chi connectivity index (χ1v) is 8.89. The number of carbonyl (C=O) groups is 2. The Kier molecular flexibility index (Phi) is 8.25. The lowest BCUT2D eigenvalue weighted by Gasteiger charge is -2.24. The van der Waals surface area contributed by atoms with Crippen LogP contribution in [0.25, 0.3) is 0 Å². The number of carbonyl (C=O) groups excluding carboxylic acids is 1. The zero-order valence-corrected chi connectivity index (χ0v) is 16.4. The first-order chi connectivity index (χ1) is 13.4. The molecule has 0 unspecified atom stereocenters. The number of benzene rings is 2. The van der Waals surface area contributed by atoms with Gasteiger partial charge >= 0.3 is 11.9 Å². The second-order valence-corrected chi connectivity index (χ2v) is 6.61. The minimum Gasteiger partial charge on any atom is -0.480 e. The van der Waals surface area contributed by atoms with Crippen molar-refractivity contribution >= 4 is 23.5 Å². The highest BCUT2D eigenvalue weighted by Gasteiger charge is 2.25. The Balaban J connectivity index is 1.92. The van der Waals surface area contributed by atoms with Gasteiger partial charge in [0.15, 0.2) is 5.75 Å². The van der Waals surface area contributed by atoms with Gasteiger partial charge in [-0.1, -0.05) is 35.9 Å². The van der Waals surface area contributed by atoms with E-state index in [2.05, 4.69) is 0 Å². The zero-order valence-electron chi connectivity index (χ0n) is 15.6. The lowest BCUT2D eigenvalue weighted by Crippen LogP contribution is -2.43. The van der Waals surface area contributed by atoms with Crippen LogP contribution in [-0.4, -0.2) is 48.7 Å². The van der Waals surface area contributed by atoms with Crippen molar-refractivity contribution in [2.45, 2.75) is 19.1 Å². The van der Waals surface area contributed by atoms with E-state index in [1.807, 2.05) is 12.1 Å². The Morgan fingerprint density at radius 1 is 1.14 bits per heavy atom. The van der Waals surface area contributed by atoms with E-state index in [-0.39, 0.29) is 13.2 Å². The number of aliphatic carboxylic acids is 1. The van der Waals surface area contributed by atoms with Crippen molar-refractivity contribution < 1.29 is 29.2 Å². The maximum atomic E-state index is 12.0. The summed E-state index contributed by atoms with van der Waals surface area (Å²) in [5, 5.41) is 9.56. The third-order valence-electron chi connectivity index (χ3n) is 4.01. The van der Waals surface area contributed by atoms with Crippen LogP contribution in [0.4, 0.5) is 0 Å². The third kappa shape index (κ3) is 6.84. The van der Waals surface area contributed by atoms with Crippen molar-refractivity contribution in [1.29, 1.82) is 0 Å². The van der Waals surface area contributed by atoms with E-state index in [1.165, 1.54) is 12.0 Å². The standard InChI is InChI=1S/C20H22ClNO6/c1-22(12-19(23)24)18(20(25)26-2)11-14-6-8-17(9-7-14)28-27-13-15-4-3-5-16(21)10-15/h3-10,18H,11-13H2,1-2H3,(H,23,24)/t18-/m0/s1.